The molecule has 3 aliphatic heterocycles. The molecule has 0 aromatic heterocycles. The number of ether oxygens (including phenoxy) is 5. The highest BCUT2D eigenvalue weighted by Crippen LogP contribution is 2.44. The summed E-state index contributed by atoms with van der Waals surface area (Å²) in [4.78, 5) is 12.9. The maximum absolute atomic E-state index is 12.9. The minimum atomic E-state index is -0.859. The van der Waals surface area contributed by atoms with Gasteiger partial charge >= 0.3 is 0 Å². The van der Waals surface area contributed by atoms with Crippen molar-refractivity contribution in [3.8, 4) is 0 Å². The van der Waals surface area contributed by atoms with E-state index < -0.39 is 42.3 Å². The van der Waals surface area contributed by atoms with E-state index in [-0.39, 0.29) is 5.91 Å². The number of rotatable bonds is 2. The first-order valence-corrected chi connectivity index (χ1v) is 8.88. The number of anilines is 1. The van der Waals surface area contributed by atoms with E-state index >= 15 is 0 Å². The zero-order valence-corrected chi connectivity index (χ0v) is 15.6. The highest BCUT2D eigenvalue weighted by molar-refractivity contribution is 5.94. The van der Waals surface area contributed by atoms with Crippen LogP contribution >= 0.6 is 0 Å². The molecule has 7 heteroatoms. The quantitative estimate of drug-likeness (QED) is 0.869. The van der Waals surface area contributed by atoms with E-state index in [4.69, 9.17) is 23.7 Å². The van der Waals surface area contributed by atoms with Crippen LogP contribution in [-0.4, -0.2) is 48.2 Å². The number of carbonyl (C=O) groups is 1. The van der Waals surface area contributed by atoms with Crippen molar-refractivity contribution in [2.24, 2.45) is 0 Å². The summed E-state index contributed by atoms with van der Waals surface area (Å²) in [5.74, 6) is -1.93. The molecule has 1 aromatic rings. The Balaban J connectivity index is 1.57. The fourth-order valence-electron chi connectivity index (χ4n) is 3.67. The molecule has 142 valence electrons. The molecular formula is C19H25NO6. The van der Waals surface area contributed by atoms with Crippen molar-refractivity contribution in [1.82, 2.24) is 0 Å². The average Bonchev–Trinajstić information content (AvgIpc) is 3.02. The van der Waals surface area contributed by atoms with Gasteiger partial charge in [0, 0.05) is 5.69 Å². The predicted molar refractivity (Wildman–Crippen MR) is 92.3 cm³/mol. The van der Waals surface area contributed by atoms with Crippen molar-refractivity contribution in [2.75, 3.05) is 5.32 Å². The van der Waals surface area contributed by atoms with E-state index in [0.717, 1.165) is 5.56 Å². The predicted octanol–water partition coefficient (Wildman–Crippen LogP) is 2.33. The summed E-state index contributed by atoms with van der Waals surface area (Å²) in [5.41, 5.74) is 1.82. The Labute approximate surface area is 152 Å². The zero-order chi connectivity index (χ0) is 18.7. The van der Waals surface area contributed by atoms with E-state index in [2.05, 4.69) is 5.32 Å². The maximum Gasteiger partial charge on any atom is 0.256 e. The molecule has 0 saturated carbocycles. The second-order valence-electron chi connectivity index (χ2n) is 7.95. The molecule has 0 radical (unpaired) electrons. The van der Waals surface area contributed by atoms with Crippen LogP contribution in [-0.2, 0) is 28.5 Å². The van der Waals surface area contributed by atoms with Crippen molar-refractivity contribution in [3.05, 3.63) is 29.8 Å². The normalized spacial score (nSPS) is 37.0. The summed E-state index contributed by atoms with van der Waals surface area (Å²) >= 11 is 0. The fraction of sp³-hybridized carbons (Fsp3) is 0.632. The molecule has 0 aliphatic carbocycles. The van der Waals surface area contributed by atoms with E-state index in [1.54, 1.807) is 0 Å². The summed E-state index contributed by atoms with van der Waals surface area (Å²) in [6.45, 7) is 9.25. The molecule has 7 nitrogen and oxygen atoms in total. The second kappa shape index (κ2) is 6.00. The molecule has 5 atom stereocenters. The molecule has 3 heterocycles. The third kappa shape index (κ3) is 3.25. The number of carbonyl (C=O) groups excluding carboxylic acids is 1. The van der Waals surface area contributed by atoms with Crippen LogP contribution in [0, 0.1) is 6.92 Å². The van der Waals surface area contributed by atoms with Gasteiger partial charge in [0.1, 0.15) is 18.3 Å². The average molecular weight is 363 g/mol. The van der Waals surface area contributed by atoms with Crippen molar-refractivity contribution in [1.29, 1.82) is 0 Å². The van der Waals surface area contributed by atoms with Gasteiger partial charge in [-0.2, -0.15) is 0 Å². The third-order valence-corrected chi connectivity index (χ3v) is 4.73. The Morgan fingerprint density at radius 1 is 0.885 bits per heavy atom. The van der Waals surface area contributed by atoms with Gasteiger partial charge in [-0.05, 0) is 46.8 Å². The van der Waals surface area contributed by atoms with Crippen LogP contribution in [0.3, 0.4) is 0 Å². The highest BCUT2D eigenvalue weighted by atomic mass is 16.9. The number of hydrogen-bond acceptors (Lipinski definition) is 6. The monoisotopic (exact) mass is 363 g/mol. The van der Waals surface area contributed by atoms with Crippen LogP contribution in [0.25, 0.3) is 0 Å². The Bertz CT molecular complexity index is 700. The molecule has 0 spiro atoms. The first-order chi connectivity index (χ1) is 12.1. The summed E-state index contributed by atoms with van der Waals surface area (Å²) in [7, 11) is 0. The molecule has 26 heavy (non-hydrogen) atoms. The van der Waals surface area contributed by atoms with Crippen LogP contribution in [0.4, 0.5) is 5.69 Å². The Morgan fingerprint density at radius 2 is 1.46 bits per heavy atom. The van der Waals surface area contributed by atoms with E-state index in [1.807, 2.05) is 58.9 Å². The lowest BCUT2D eigenvalue weighted by atomic mass is 9.98. The van der Waals surface area contributed by atoms with Crippen LogP contribution in [0.15, 0.2) is 24.3 Å². The van der Waals surface area contributed by atoms with Gasteiger partial charge in [0.05, 0.1) is 0 Å². The molecular weight excluding hydrogens is 338 g/mol. The summed E-state index contributed by atoms with van der Waals surface area (Å²) < 4.78 is 29.7. The lowest BCUT2D eigenvalue weighted by Crippen LogP contribution is -2.58. The number of fused-ring (bicyclic) bond motifs is 3. The van der Waals surface area contributed by atoms with Gasteiger partial charge in [-0.15, -0.1) is 0 Å². The van der Waals surface area contributed by atoms with Crippen molar-refractivity contribution in [2.45, 2.75) is 76.9 Å². The third-order valence-electron chi connectivity index (χ3n) is 4.73. The molecule has 4 rings (SSSR count). The van der Waals surface area contributed by atoms with E-state index in [9.17, 15) is 4.79 Å². The largest absolute Gasteiger partial charge is 0.342 e. The van der Waals surface area contributed by atoms with Gasteiger partial charge in [0.2, 0.25) is 0 Å². The Kier molecular flexibility index (Phi) is 4.13. The minimum absolute atomic E-state index is 0.295. The van der Waals surface area contributed by atoms with Crippen molar-refractivity contribution in [3.63, 3.8) is 0 Å². The molecule has 3 fully saturated rings. The molecule has 0 bridgehead atoms. The highest BCUT2D eigenvalue weighted by Gasteiger charge is 2.62. The first-order valence-electron chi connectivity index (χ1n) is 8.88. The first kappa shape index (κ1) is 17.9. The van der Waals surface area contributed by atoms with Gasteiger partial charge in [0.25, 0.3) is 5.91 Å². The molecule has 3 saturated heterocycles. The van der Waals surface area contributed by atoms with Crippen LogP contribution in [0.1, 0.15) is 33.3 Å². The summed E-state index contributed by atoms with van der Waals surface area (Å²) in [5, 5.41) is 2.88. The van der Waals surface area contributed by atoms with Crippen LogP contribution in [0.5, 0.6) is 0 Å². The molecule has 1 N–H and O–H groups in total. The minimum Gasteiger partial charge on any atom is -0.342 e. The topological polar surface area (TPSA) is 75.3 Å². The molecule has 0 unspecified atom stereocenters. The lowest BCUT2D eigenvalue weighted by Gasteiger charge is -2.36. The SMILES string of the molecule is Cc1ccc(NC(=O)[C@@H]2O[C@H]3OC(C)(C)O[C@@H]3[C@H]3OC(C)(C)O[C@H]32)cc1. The maximum atomic E-state index is 12.9. The van der Waals surface area contributed by atoms with Gasteiger partial charge in [0.15, 0.2) is 24.0 Å². The van der Waals surface area contributed by atoms with Gasteiger partial charge < -0.3 is 29.0 Å². The second-order valence-corrected chi connectivity index (χ2v) is 7.95. The van der Waals surface area contributed by atoms with Crippen molar-refractivity contribution >= 4 is 11.6 Å². The zero-order valence-electron chi connectivity index (χ0n) is 15.6. The summed E-state index contributed by atoms with van der Waals surface area (Å²) in [6, 6.07) is 7.57. The van der Waals surface area contributed by atoms with Crippen LogP contribution < -0.4 is 5.32 Å². The van der Waals surface area contributed by atoms with Gasteiger partial charge in [-0.25, -0.2) is 0 Å². The number of amides is 1. The van der Waals surface area contributed by atoms with Crippen LogP contribution in [0.2, 0.25) is 0 Å². The summed E-state index contributed by atoms with van der Waals surface area (Å²) in [6.07, 6.45) is -3.01. The van der Waals surface area contributed by atoms with E-state index in [1.165, 1.54) is 0 Å². The number of aryl methyl sites for hydroxylation is 1. The number of hydrogen-bond donors (Lipinski definition) is 1. The lowest BCUT2D eigenvalue weighted by molar-refractivity contribution is -0.229. The smallest absolute Gasteiger partial charge is 0.256 e. The molecule has 3 aliphatic rings. The Morgan fingerprint density at radius 3 is 2.15 bits per heavy atom. The van der Waals surface area contributed by atoms with Gasteiger partial charge in [-0.3, -0.25) is 4.79 Å². The van der Waals surface area contributed by atoms with E-state index in [0.29, 0.717) is 5.69 Å². The molecule has 1 aromatic carbocycles. The Hall–Kier alpha value is -1.51. The van der Waals surface area contributed by atoms with Gasteiger partial charge in [-0.1, -0.05) is 17.7 Å². The standard InChI is InChI=1S/C19H25NO6/c1-10-6-8-11(9-7-10)20-16(21)14-12-13(24-18(2,3)23-12)15-17(22-14)26-19(4,5)25-15/h6-9,12-15,17H,1-5H3,(H,20,21)/t12-,13+,14-,15-,17+/m1/s1. The fourth-order valence-corrected chi connectivity index (χ4v) is 3.67. The van der Waals surface area contributed by atoms with Crippen molar-refractivity contribution < 1.29 is 28.5 Å². The number of nitrogens with one attached hydrogen (secondary N) is 1. The molecule has 1 amide bonds. The number of benzene rings is 1.